The predicted octanol–water partition coefficient (Wildman–Crippen LogP) is 2.42. The molecule has 0 radical (unpaired) electrons. The number of carbonyl (C=O) groups is 2. The predicted molar refractivity (Wildman–Crippen MR) is 81.6 cm³/mol. The van der Waals surface area contributed by atoms with Crippen molar-refractivity contribution in [2.75, 3.05) is 5.32 Å². The third-order valence-corrected chi connectivity index (χ3v) is 2.97. The molecular formula is C16H17N3O2. The Kier molecular flexibility index (Phi) is 4.93. The van der Waals surface area contributed by atoms with Crippen molar-refractivity contribution in [1.29, 1.82) is 0 Å². The van der Waals surface area contributed by atoms with Gasteiger partial charge in [0.15, 0.2) is 0 Å². The van der Waals surface area contributed by atoms with Gasteiger partial charge in [0.25, 0.3) is 0 Å². The van der Waals surface area contributed by atoms with Gasteiger partial charge in [0.2, 0.25) is 5.91 Å². The Bertz CT molecular complexity index is 599. The van der Waals surface area contributed by atoms with Crippen molar-refractivity contribution >= 4 is 17.6 Å². The van der Waals surface area contributed by atoms with Gasteiger partial charge in [0.05, 0.1) is 12.5 Å². The van der Waals surface area contributed by atoms with Gasteiger partial charge in [-0.15, -0.1) is 0 Å². The second-order valence-electron chi connectivity index (χ2n) is 4.59. The lowest BCUT2D eigenvalue weighted by Gasteiger charge is -2.17. The first-order chi connectivity index (χ1) is 10.1. The van der Waals surface area contributed by atoms with Gasteiger partial charge in [-0.3, -0.25) is 4.79 Å². The first kappa shape index (κ1) is 14.6. The molecule has 1 unspecified atom stereocenters. The number of nitrogens with two attached hydrogens (primary N) is 1. The number of anilines is 1. The van der Waals surface area contributed by atoms with Crippen molar-refractivity contribution in [3.8, 4) is 0 Å². The highest BCUT2D eigenvalue weighted by Gasteiger charge is 2.17. The highest BCUT2D eigenvalue weighted by atomic mass is 16.2. The molecule has 0 heterocycles. The van der Waals surface area contributed by atoms with E-state index in [0.29, 0.717) is 5.69 Å². The average Bonchev–Trinajstić information content (AvgIpc) is 2.48. The fourth-order valence-corrected chi connectivity index (χ4v) is 2.03. The van der Waals surface area contributed by atoms with Crippen LogP contribution in [0.3, 0.4) is 0 Å². The van der Waals surface area contributed by atoms with Gasteiger partial charge in [-0.25, -0.2) is 4.79 Å². The largest absolute Gasteiger partial charge is 0.352 e. The SMILES string of the molecule is NC(=O)NC(CC(=O)Nc1ccccc1)c1ccccc1. The minimum absolute atomic E-state index is 0.113. The van der Waals surface area contributed by atoms with Crippen LogP contribution in [0.25, 0.3) is 0 Å². The highest BCUT2D eigenvalue weighted by Crippen LogP contribution is 2.17. The van der Waals surface area contributed by atoms with Crippen molar-refractivity contribution in [3.63, 3.8) is 0 Å². The molecule has 21 heavy (non-hydrogen) atoms. The lowest BCUT2D eigenvalue weighted by molar-refractivity contribution is -0.116. The number of rotatable bonds is 5. The summed E-state index contributed by atoms with van der Waals surface area (Å²) in [6, 6.07) is 17.3. The summed E-state index contributed by atoms with van der Waals surface area (Å²) in [5.74, 6) is -0.191. The first-order valence-corrected chi connectivity index (χ1v) is 6.61. The number of benzene rings is 2. The molecule has 2 rings (SSSR count). The zero-order valence-corrected chi connectivity index (χ0v) is 11.5. The normalized spacial score (nSPS) is 11.4. The summed E-state index contributed by atoms with van der Waals surface area (Å²) in [4.78, 5) is 23.2. The molecule has 0 aliphatic rings. The Balaban J connectivity index is 2.05. The van der Waals surface area contributed by atoms with E-state index in [-0.39, 0.29) is 12.3 Å². The van der Waals surface area contributed by atoms with Crippen LogP contribution < -0.4 is 16.4 Å². The number of primary amides is 1. The number of nitrogens with one attached hydrogen (secondary N) is 2. The van der Waals surface area contributed by atoms with Crippen LogP contribution in [0.2, 0.25) is 0 Å². The van der Waals surface area contributed by atoms with Crippen LogP contribution in [-0.2, 0) is 4.79 Å². The van der Waals surface area contributed by atoms with E-state index in [2.05, 4.69) is 10.6 Å². The summed E-state index contributed by atoms with van der Waals surface area (Å²) in [7, 11) is 0. The van der Waals surface area contributed by atoms with Gasteiger partial charge in [0, 0.05) is 5.69 Å². The molecule has 0 saturated carbocycles. The standard InChI is InChI=1S/C16H17N3O2/c17-16(21)19-14(12-7-3-1-4-8-12)11-15(20)18-13-9-5-2-6-10-13/h1-10,14H,11H2,(H,18,20)(H3,17,19,21). The van der Waals surface area contributed by atoms with Gasteiger partial charge in [0.1, 0.15) is 0 Å². The minimum Gasteiger partial charge on any atom is -0.352 e. The topological polar surface area (TPSA) is 84.2 Å². The molecule has 4 N–H and O–H groups in total. The Morgan fingerprint density at radius 1 is 0.952 bits per heavy atom. The number of hydrogen-bond donors (Lipinski definition) is 3. The maximum absolute atomic E-state index is 12.1. The van der Waals surface area contributed by atoms with Crippen molar-refractivity contribution in [3.05, 3.63) is 66.2 Å². The molecule has 2 aromatic rings. The van der Waals surface area contributed by atoms with E-state index in [4.69, 9.17) is 5.73 Å². The van der Waals surface area contributed by atoms with Crippen LogP contribution in [0.5, 0.6) is 0 Å². The van der Waals surface area contributed by atoms with E-state index < -0.39 is 12.1 Å². The number of para-hydroxylation sites is 1. The number of urea groups is 1. The van der Waals surface area contributed by atoms with Gasteiger partial charge >= 0.3 is 6.03 Å². The second-order valence-corrected chi connectivity index (χ2v) is 4.59. The quantitative estimate of drug-likeness (QED) is 0.787. The lowest BCUT2D eigenvalue weighted by atomic mass is 10.0. The van der Waals surface area contributed by atoms with Crippen molar-refractivity contribution in [2.45, 2.75) is 12.5 Å². The molecule has 0 aliphatic heterocycles. The molecule has 0 aromatic heterocycles. The summed E-state index contributed by atoms with van der Waals surface area (Å²) in [6.45, 7) is 0. The Labute approximate surface area is 123 Å². The van der Waals surface area contributed by atoms with E-state index in [1.807, 2.05) is 48.5 Å². The van der Waals surface area contributed by atoms with Crippen LogP contribution >= 0.6 is 0 Å². The summed E-state index contributed by atoms with van der Waals surface area (Å²) in [6.07, 6.45) is 0.113. The molecular weight excluding hydrogens is 266 g/mol. The Morgan fingerprint density at radius 3 is 2.10 bits per heavy atom. The van der Waals surface area contributed by atoms with E-state index in [9.17, 15) is 9.59 Å². The van der Waals surface area contributed by atoms with Crippen LogP contribution in [0, 0.1) is 0 Å². The van der Waals surface area contributed by atoms with Crippen LogP contribution in [0.15, 0.2) is 60.7 Å². The van der Waals surface area contributed by atoms with Gasteiger partial charge in [-0.1, -0.05) is 48.5 Å². The van der Waals surface area contributed by atoms with Crippen LogP contribution in [-0.4, -0.2) is 11.9 Å². The zero-order valence-electron chi connectivity index (χ0n) is 11.5. The molecule has 5 heteroatoms. The first-order valence-electron chi connectivity index (χ1n) is 6.61. The summed E-state index contributed by atoms with van der Waals surface area (Å²) >= 11 is 0. The fourth-order valence-electron chi connectivity index (χ4n) is 2.03. The number of carbonyl (C=O) groups excluding carboxylic acids is 2. The second kappa shape index (κ2) is 7.09. The maximum atomic E-state index is 12.1. The molecule has 0 fully saturated rings. The smallest absolute Gasteiger partial charge is 0.312 e. The lowest BCUT2D eigenvalue weighted by Crippen LogP contribution is -2.35. The van der Waals surface area contributed by atoms with Gasteiger partial charge in [-0.05, 0) is 17.7 Å². The summed E-state index contributed by atoms with van der Waals surface area (Å²) in [5.41, 5.74) is 6.73. The summed E-state index contributed by atoms with van der Waals surface area (Å²) in [5, 5.41) is 5.38. The molecule has 1 atom stereocenters. The highest BCUT2D eigenvalue weighted by molar-refractivity contribution is 5.91. The van der Waals surface area contributed by atoms with Crippen LogP contribution in [0.4, 0.5) is 10.5 Å². The molecule has 2 aromatic carbocycles. The van der Waals surface area contributed by atoms with Crippen molar-refractivity contribution in [1.82, 2.24) is 5.32 Å². The minimum atomic E-state index is -0.656. The van der Waals surface area contributed by atoms with E-state index in [1.165, 1.54) is 0 Å². The molecule has 0 spiro atoms. The molecule has 0 saturated heterocycles. The van der Waals surface area contributed by atoms with E-state index in [1.54, 1.807) is 12.1 Å². The molecule has 0 bridgehead atoms. The monoisotopic (exact) mass is 283 g/mol. The average molecular weight is 283 g/mol. The van der Waals surface area contributed by atoms with Gasteiger partial charge < -0.3 is 16.4 Å². The summed E-state index contributed by atoms with van der Waals surface area (Å²) < 4.78 is 0. The molecule has 108 valence electrons. The van der Waals surface area contributed by atoms with Crippen LogP contribution in [0.1, 0.15) is 18.0 Å². The zero-order chi connectivity index (χ0) is 15.1. The van der Waals surface area contributed by atoms with E-state index in [0.717, 1.165) is 5.56 Å². The number of amides is 3. The molecule has 3 amide bonds. The third-order valence-electron chi connectivity index (χ3n) is 2.97. The van der Waals surface area contributed by atoms with Crippen molar-refractivity contribution < 1.29 is 9.59 Å². The Hall–Kier alpha value is -2.82. The molecule has 0 aliphatic carbocycles. The molecule has 5 nitrogen and oxygen atoms in total. The third kappa shape index (κ3) is 4.65. The Morgan fingerprint density at radius 2 is 1.52 bits per heavy atom. The number of hydrogen-bond acceptors (Lipinski definition) is 2. The van der Waals surface area contributed by atoms with E-state index >= 15 is 0 Å². The van der Waals surface area contributed by atoms with Crippen molar-refractivity contribution in [2.24, 2.45) is 5.73 Å². The fraction of sp³-hybridized carbons (Fsp3) is 0.125. The maximum Gasteiger partial charge on any atom is 0.312 e. The van der Waals surface area contributed by atoms with Gasteiger partial charge in [-0.2, -0.15) is 0 Å².